The van der Waals surface area contributed by atoms with Crippen LogP contribution in [0.4, 0.5) is 4.79 Å². The van der Waals surface area contributed by atoms with Crippen LogP contribution in [-0.4, -0.2) is 63.1 Å². The first-order valence-corrected chi connectivity index (χ1v) is 10.4. The van der Waals surface area contributed by atoms with Crippen molar-refractivity contribution < 1.29 is 22.7 Å². The maximum atomic E-state index is 13.1. The van der Waals surface area contributed by atoms with E-state index in [0.29, 0.717) is 32.1 Å². The van der Waals surface area contributed by atoms with Gasteiger partial charge in [-0.3, -0.25) is 0 Å². The van der Waals surface area contributed by atoms with Crippen LogP contribution in [0.1, 0.15) is 31.4 Å². The van der Waals surface area contributed by atoms with Gasteiger partial charge < -0.3 is 14.4 Å². The molecule has 1 saturated heterocycles. The lowest BCUT2D eigenvalue weighted by atomic mass is 10.1. The van der Waals surface area contributed by atoms with E-state index in [1.165, 1.54) is 9.21 Å². The topological polar surface area (TPSA) is 76.2 Å². The van der Waals surface area contributed by atoms with E-state index in [1.807, 2.05) is 20.8 Å². The molecule has 1 aliphatic heterocycles. The third kappa shape index (κ3) is 4.48. The first kappa shape index (κ1) is 20.5. The van der Waals surface area contributed by atoms with Gasteiger partial charge in [0.2, 0.25) is 10.0 Å². The van der Waals surface area contributed by atoms with Gasteiger partial charge in [-0.2, -0.15) is 4.31 Å². The zero-order valence-electron chi connectivity index (χ0n) is 15.9. The van der Waals surface area contributed by atoms with Gasteiger partial charge in [0, 0.05) is 26.2 Å². The van der Waals surface area contributed by atoms with Crippen molar-refractivity contribution in [3.05, 3.63) is 23.3 Å². The Bertz CT molecular complexity index is 740. The largest absolute Gasteiger partial charge is 0.492 e. The highest BCUT2D eigenvalue weighted by molar-refractivity contribution is 7.89. The predicted molar refractivity (Wildman–Crippen MR) is 99.1 cm³/mol. The van der Waals surface area contributed by atoms with Gasteiger partial charge in [-0.05, 0) is 50.5 Å². The fraction of sp³-hybridized carbons (Fsp3) is 0.611. The number of hydrogen-bond donors (Lipinski definition) is 0. The second-order valence-electron chi connectivity index (χ2n) is 6.32. The number of rotatable bonds is 6. The lowest BCUT2D eigenvalue weighted by molar-refractivity contribution is 0.0933. The number of nitrogens with zero attached hydrogens (tertiary/aromatic N) is 2. The molecule has 0 atom stereocenters. The van der Waals surface area contributed by atoms with Crippen LogP contribution >= 0.6 is 0 Å². The molecule has 1 fully saturated rings. The molecule has 1 aromatic carbocycles. The molecule has 26 heavy (non-hydrogen) atoms. The minimum absolute atomic E-state index is 0.193. The second-order valence-corrected chi connectivity index (χ2v) is 8.23. The molecule has 0 unspecified atom stereocenters. The normalized spacial score (nSPS) is 15.8. The van der Waals surface area contributed by atoms with Crippen LogP contribution in [0, 0.1) is 13.8 Å². The number of hydrogen-bond acceptors (Lipinski definition) is 5. The number of carbonyl (C=O) groups excluding carboxylic acids is 1. The van der Waals surface area contributed by atoms with Gasteiger partial charge in [0.25, 0.3) is 0 Å². The fourth-order valence-electron chi connectivity index (χ4n) is 2.75. The van der Waals surface area contributed by atoms with Gasteiger partial charge in [0.1, 0.15) is 10.6 Å². The molecule has 0 N–H and O–H groups in total. The molecular formula is C18H28N2O5S. The van der Waals surface area contributed by atoms with Crippen LogP contribution in [0.3, 0.4) is 0 Å². The summed E-state index contributed by atoms with van der Waals surface area (Å²) in [5.41, 5.74) is 1.89. The Morgan fingerprint density at radius 2 is 1.69 bits per heavy atom. The molecule has 0 aliphatic carbocycles. The number of sulfonamides is 1. The van der Waals surface area contributed by atoms with Gasteiger partial charge in [-0.25, -0.2) is 13.2 Å². The summed E-state index contributed by atoms with van der Waals surface area (Å²) in [6.07, 6.45) is 0.396. The summed E-state index contributed by atoms with van der Waals surface area (Å²) < 4.78 is 38.4. The Balaban J connectivity index is 2.22. The molecular weight excluding hydrogens is 356 g/mol. The molecule has 0 radical (unpaired) electrons. The molecule has 8 heteroatoms. The van der Waals surface area contributed by atoms with Crippen LogP contribution in [0.25, 0.3) is 0 Å². The number of piperazine rings is 1. The molecule has 0 spiro atoms. The van der Waals surface area contributed by atoms with E-state index in [-0.39, 0.29) is 18.0 Å². The van der Waals surface area contributed by atoms with E-state index < -0.39 is 16.1 Å². The highest BCUT2D eigenvalue weighted by Crippen LogP contribution is 2.30. The molecule has 1 heterocycles. The fourth-order valence-corrected chi connectivity index (χ4v) is 4.37. The average Bonchev–Trinajstić information content (AvgIpc) is 2.62. The number of amides is 1. The smallest absolute Gasteiger partial charge is 0.409 e. The second kappa shape index (κ2) is 8.73. The Kier molecular flexibility index (Phi) is 6.88. The van der Waals surface area contributed by atoms with Gasteiger partial charge in [0.05, 0.1) is 13.2 Å². The zero-order chi connectivity index (χ0) is 19.3. The van der Waals surface area contributed by atoms with Crippen molar-refractivity contribution in [2.45, 2.75) is 39.0 Å². The van der Waals surface area contributed by atoms with Crippen molar-refractivity contribution in [3.8, 4) is 5.75 Å². The lowest BCUT2D eigenvalue weighted by Gasteiger charge is -2.33. The highest BCUT2D eigenvalue weighted by atomic mass is 32.2. The maximum Gasteiger partial charge on any atom is 0.409 e. The van der Waals surface area contributed by atoms with E-state index in [0.717, 1.165) is 17.5 Å². The number of aryl methyl sites for hydroxylation is 2. The van der Waals surface area contributed by atoms with E-state index in [2.05, 4.69) is 0 Å². The van der Waals surface area contributed by atoms with Crippen molar-refractivity contribution in [3.63, 3.8) is 0 Å². The van der Waals surface area contributed by atoms with Gasteiger partial charge >= 0.3 is 6.09 Å². The van der Waals surface area contributed by atoms with Crippen LogP contribution in [0.2, 0.25) is 0 Å². The Morgan fingerprint density at radius 1 is 1.08 bits per heavy atom. The van der Waals surface area contributed by atoms with E-state index in [9.17, 15) is 13.2 Å². The van der Waals surface area contributed by atoms with E-state index >= 15 is 0 Å². The molecule has 1 aliphatic rings. The van der Waals surface area contributed by atoms with E-state index in [1.54, 1.807) is 19.1 Å². The molecule has 1 amide bonds. The van der Waals surface area contributed by atoms with Gasteiger partial charge in [-0.15, -0.1) is 0 Å². The number of carbonyl (C=O) groups is 1. The standard InChI is InChI=1S/C18H28N2O5S/c1-5-11-25-16-12-14(3)15(4)13-17(16)26(22,23)20-9-7-19(8-10-20)18(21)24-6-2/h12-13H,5-11H2,1-4H3. The third-order valence-electron chi connectivity index (χ3n) is 4.40. The zero-order valence-corrected chi connectivity index (χ0v) is 16.8. The summed E-state index contributed by atoms with van der Waals surface area (Å²) in [5, 5.41) is 0. The van der Waals surface area contributed by atoms with Crippen molar-refractivity contribution in [2.24, 2.45) is 0 Å². The monoisotopic (exact) mass is 384 g/mol. The first-order chi connectivity index (χ1) is 12.3. The molecule has 1 aromatic rings. The minimum atomic E-state index is -3.69. The summed E-state index contributed by atoms with van der Waals surface area (Å²) in [6, 6.07) is 3.46. The first-order valence-electron chi connectivity index (χ1n) is 8.97. The van der Waals surface area contributed by atoms with E-state index in [4.69, 9.17) is 9.47 Å². The summed E-state index contributed by atoms with van der Waals surface area (Å²) in [5.74, 6) is 0.391. The third-order valence-corrected chi connectivity index (χ3v) is 6.32. The Labute approximate surface area is 155 Å². The summed E-state index contributed by atoms with van der Waals surface area (Å²) in [6.45, 7) is 9.41. The van der Waals surface area contributed by atoms with Crippen molar-refractivity contribution in [2.75, 3.05) is 39.4 Å². The summed E-state index contributed by atoms with van der Waals surface area (Å²) >= 11 is 0. The number of ether oxygens (including phenoxy) is 2. The Hall–Kier alpha value is -1.80. The minimum Gasteiger partial charge on any atom is -0.492 e. The molecule has 0 saturated carbocycles. The van der Waals surface area contributed by atoms with Crippen LogP contribution < -0.4 is 4.74 Å². The van der Waals surface area contributed by atoms with Crippen LogP contribution in [0.15, 0.2) is 17.0 Å². The van der Waals surface area contributed by atoms with Crippen molar-refractivity contribution >= 4 is 16.1 Å². The maximum absolute atomic E-state index is 13.1. The van der Waals surface area contributed by atoms with Gasteiger partial charge in [-0.1, -0.05) is 6.92 Å². The molecule has 0 bridgehead atoms. The van der Waals surface area contributed by atoms with Gasteiger partial charge in [0.15, 0.2) is 0 Å². The number of benzene rings is 1. The van der Waals surface area contributed by atoms with Crippen molar-refractivity contribution in [1.82, 2.24) is 9.21 Å². The van der Waals surface area contributed by atoms with Crippen LogP contribution in [-0.2, 0) is 14.8 Å². The van der Waals surface area contributed by atoms with Crippen molar-refractivity contribution in [1.29, 1.82) is 0 Å². The SMILES string of the molecule is CCCOc1cc(C)c(C)cc1S(=O)(=O)N1CCN(C(=O)OCC)CC1. The molecule has 146 valence electrons. The average molecular weight is 384 g/mol. The highest BCUT2D eigenvalue weighted by Gasteiger charge is 2.32. The molecule has 0 aromatic heterocycles. The molecule has 7 nitrogen and oxygen atoms in total. The summed E-state index contributed by atoms with van der Waals surface area (Å²) in [7, 11) is -3.69. The lowest BCUT2D eigenvalue weighted by Crippen LogP contribution is -2.50. The Morgan fingerprint density at radius 3 is 2.27 bits per heavy atom. The quantitative estimate of drug-likeness (QED) is 0.753. The molecule has 2 rings (SSSR count). The predicted octanol–water partition coefficient (Wildman–Crippen LogP) is 2.56. The van der Waals surface area contributed by atoms with Crippen LogP contribution in [0.5, 0.6) is 5.75 Å². The summed E-state index contributed by atoms with van der Waals surface area (Å²) in [4.78, 5) is 13.5.